The molecule has 1 aliphatic rings. The third-order valence-corrected chi connectivity index (χ3v) is 6.04. The Morgan fingerprint density at radius 2 is 2.03 bits per heavy atom. The highest BCUT2D eigenvalue weighted by atomic mass is 19.1. The number of amides is 1. The number of piperidine rings is 1. The van der Waals surface area contributed by atoms with Crippen molar-refractivity contribution < 1.29 is 13.9 Å². The predicted octanol–water partition coefficient (Wildman–Crippen LogP) is 4.94. The minimum atomic E-state index is -0.460. The molecule has 1 fully saturated rings. The fraction of sp³-hybridized carbons (Fsp3) is 0.385. The van der Waals surface area contributed by atoms with E-state index in [9.17, 15) is 9.18 Å². The Bertz CT molecular complexity index is 1110. The van der Waals surface area contributed by atoms with Crippen molar-refractivity contribution in [3.05, 3.63) is 71.8 Å². The van der Waals surface area contributed by atoms with E-state index in [4.69, 9.17) is 9.72 Å². The molecule has 2 aromatic heterocycles. The first-order valence-corrected chi connectivity index (χ1v) is 11.5. The van der Waals surface area contributed by atoms with Crippen LogP contribution in [-0.4, -0.2) is 39.4 Å². The molecule has 4 rings (SSSR count). The second-order valence-corrected chi connectivity index (χ2v) is 8.32. The van der Waals surface area contributed by atoms with E-state index in [2.05, 4.69) is 16.9 Å². The zero-order valence-electron chi connectivity index (χ0n) is 19.1. The minimum Gasteiger partial charge on any atom is -0.494 e. The maximum Gasteiger partial charge on any atom is 0.227 e. The van der Waals surface area contributed by atoms with Gasteiger partial charge in [0, 0.05) is 37.1 Å². The summed E-state index contributed by atoms with van der Waals surface area (Å²) in [6.45, 7) is 2.76. The van der Waals surface area contributed by atoms with Crippen molar-refractivity contribution in [2.75, 3.05) is 13.7 Å². The van der Waals surface area contributed by atoms with Crippen LogP contribution >= 0.6 is 0 Å². The smallest absolute Gasteiger partial charge is 0.227 e. The molecule has 3 heterocycles. The first-order chi connectivity index (χ1) is 16.1. The molecule has 1 aromatic carbocycles. The first-order valence-electron chi connectivity index (χ1n) is 11.5. The lowest BCUT2D eigenvalue weighted by molar-refractivity contribution is -0.134. The van der Waals surface area contributed by atoms with Crippen molar-refractivity contribution >= 4 is 5.91 Å². The molecule has 6 nitrogen and oxygen atoms in total. The number of likely N-dealkylation sites (tertiary alicyclic amines) is 1. The number of methoxy groups -OCH3 is 1. The highest BCUT2D eigenvalue weighted by molar-refractivity contribution is 5.80. The van der Waals surface area contributed by atoms with Gasteiger partial charge in [0.2, 0.25) is 5.91 Å². The fourth-order valence-corrected chi connectivity index (χ4v) is 4.40. The number of carbonyl (C=O) groups is 1. The van der Waals surface area contributed by atoms with Crippen molar-refractivity contribution in [3.8, 4) is 16.9 Å². The summed E-state index contributed by atoms with van der Waals surface area (Å²) in [7, 11) is 1.43. The van der Waals surface area contributed by atoms with Gasteiger partial charge in [-0.25, -0.2) is 14.4 Å². The molecule has 1 saturated heterocycles. The quantitative estimate of drug-likeness (QED) is 0.512. The third kappa shape index (κ3) is 5.18. The van der Waals surface area contributed by atoms with E-state index in [1.165, 1.54) is 13.2 Å². The van der Waals surface area contributed by atoms with Crippen molar-refractivity contribution in [2.45, 2.75) is 51.5 Å². The SMILES string of the molecule is CCCc1ncc(-c2ccncc2)c(C2CCCCN2C(=O)Cc2ccc(OC)c(F)c2)n1. The Balaban J connectivity index is 1.67. The van der Waals surface area contributed by atoms with Gasteiger partial charge in [-0.05, 0) is 61.1 Å². The van der Waals surface area contributed by atoms with Crippen LogP contribution in [0.25, 0.3) is 11.1 Å². The Hall–Kier alpha value is -3.35. The van der Waals surface area contributed by atoms with Crippen LogP contribution in [0.15, 0.2) is 48.9 Å². The average molecular weight is 449 g/mol. The summed E-state index contributed by atoms with van der Waals surface area (Å²) in [4.78, 5) is 28.9. The van der Waals surface area contributed by atoms with Crippen LogP contribution in [0.2, 0.25) is 0 Å². The molecule has 0 spiro atoms. The Kier molecular flexibility index (Phi) is 7.27. The minimum absolute atomic E-state index is 0.0272. The van der Waals surface area contributed by atoms with E-state index in [-0.39, 0.29) is 24.1 Å². The highest BCUT2D eigenvalue weighted by Crippen LogP contribution is 2.36. The summed E-state index contributed by atoms with van der Waals surface area (Å²) < 4.78 is 19.2. The van der Waals surface area contributed by atoms with Crippen molar-refractivity contribution in [3.63, 3.8) is 0 Å². The topological polar surface area (TPSA) is 68.2 Å². The van der Waals surface area contributed by atoms with Gasteiger partial charge in [-0.1, -0.05) is 13.0 Å². The second-order valence-electron chi connectivity index (χ2n) is 8.32. The van der Waals surface area contributed by atoms with Gasteiger partial charge in [0.05, 0.1) is 25.3 Å². The lowest BCUT2D eigenvalue weighted by Gasteiger charge is -2.36. The lowest BCUT2D eigenvalue weighted by atomic mass is 9.93. The fourth-order valence-electron chi connectivity index (χ4n) is 4.40. The van der Waals surface area contributed by atoms with Gasteiger partial charge in [-0.2, -0.15) is 0 Å². The van der Waals surface area contributed by atoms with Crippen LogP contribution in [0, 0.1) is 5.82 Å². The number of hydrogen-bond acceptors (Lipinski definition) is 5. The van der Waals surface area contributed by atoms with Gasteiger partial charge in [0.15, 0.2) is 11.6 Å². The van der Waals surface area contributed by atoms with Gasteiger partial charge >= 0.3 is 0 Å². The summed E-state index contributed by atoms with van der Waals surface area (Å²) in [5, 5.41) is 0. The van der Waals surface area contributed by atoms with E-state index in [1.807, 2.05) is 23.2 Å². The van der Waals surface area contributed by atoms with Crippen LogP contribution in [-0.2, 0) is 17.6 Å². The van der Waals surface area contributed by atoms with E-state index in [1.54, 1.807) is 24.5 Å². The van der Waals surface area contributed by atoms with Crippen molar-refractivity contribution in [2.24, 2.45) is 0 Å². The second kappa shape index (κ2) is 10.5. The van der Waals surface area contributed by atoms with E-state index < -0.39 is 5.82 Å². The largest absolute Gasteiger partial charge is 0.494 e. The zero-order chi connectivity index (χ0) is 23.2. The molecule has 0 saturated carbocycles. The van der Waals surface area contributed by atoms with Gasteiger partial charge in [0.25, 0.3) is 0 Å². The molecule has 33 heavy (non-hydrogen) atoms. The standard InChI is InChI=1S/C26H29FN4O2/c1-3-6-24-29-17-20(19-10-12-28-13-11-19)26(30-24)22-7-4-5-14-31(22)25(32)16-18-8-9-23(33-2)21(27)15-18/h8-13,15,17,22H,3-7,14,16H2,1-2H3. The summed E-state index contributed by atoms with van der Waals surface area (Å²) in [6.07, 6.45) is 10.0. The van der Waals surface area contributed by atoms with Crippen LogP contribution < -0.4 is 4.74 Å². The lowest BCUT2D eigenvalue weighted by Crippen LogP contribution is -2.40. The number of aryl methyl sites for hydroxylation is 1. The number of nitrogens with zero attached hydrogens (tertiary/aromatic N) is 4. The molecule has 0 aliphatic carbocycles. The van der Waals surface area contributed by atoms with Crippen molar-refractivity contribution in [1.82, 2.24) is 19.9 Å². The summed E-state index contributed by atoms with van der Waals surface area (Å²) in [6, 6.07) is 8.42. The third-order valence-electron chi connectivity index (χ3n) is 6.04. The van der Waals surface area contributed by atoms with Crippen LogP contribution in [0.5, 0.6) is 5.75 Å². The van der Waals surface area contributed by atoms with Crippen LogP contribution in [0.3, 0.4) is 0 Å². The molecular formula is C26H29FN4O2. The van der Waals surface area contributed by atoms with Crippen LogP contribution in [0.1, 0.15) is 55.7 Å². The molecule has 1 aliphatic heterocycles. The highest BCUT2D eigenvalue weighted by Gasteiger charge is 2.31. The maximum atomic E-state index is 14.2. The Labute approximate surface area is 193 Å². The molecule has 172 valence electrons. The van der Waals surface area contributed by atoms with Crippen molar-refractivity contribution in [1.29, 1.82) is 0 Å². The number of halogens is 1. The molecule has 1 amide bonds. The number of carbonyl (C=O) groups excluding carboxylic acids is 1. The number of aromatic nitrogens is 3. The van der Waals surface area contributed by atoms with E-state index >= 15 is 0 Å². The predicted molar refractivity (Wildman–Crippen MR) is 124 cm³/mol. The number of rotatable bonds is 7. The van der Waals surface area contributed by atoms with Gasteiger partial charge in [-0.15, -0.1) is 0 Å². The number of benzene rings is 1. The van der Waals surface area contributed by atoms with Gasteiger partial charge in [-0.3, -0.25) is 9.78 Å². The molecular weight excluding hydrogens is 419 g/mol. The Morgan fingerprint density at radius 3 is 2.76 bits per heavy atom. The normalized spacial score (nSPS) is 16.0. The van der Waals surface area contributed by atoms with Gasteiger partial charge in [0.1, 0.15) is 5.82 Å². The molecule has 0 N–H and O–H groups in total. The molecule has 1 atom stereocenters. The summed E-state index contributed by atoms with van der Waals surface area (Å²) >= 11 is 0. The molecule has 0 radical (unpaired) electrons. The first kappa shape index (κ1) is 22.8. The number of pyridine rings is 1. The Morgan fingerprint density at radius 1 is 1.21 bits per heavy atom. The average Bonchev–Trinajstić information content (AvgIpc) is 2.85. The molecule has 0 bridgehead atoms. The zero-order valence-corrected chi connectivity index (χ0v) is 19.1. The van der Waals surface area contributed by atoms with E-state index in [0.29, 0.717) is 12.1 Å². The molecule has 7 heteroatoms. The summed E-state index contributed by atoms with van der Waals surface area (Å²) in [5.41, 5.74) is 3.43. The van der Waals surface area contributed by atoms with Gasteiger partial charge < -0.3 is 9.64 Å². The monoisotopic (exact) mass is 448 g/mol. The number of ether oxygens (including phenoxy) is 1. The molecule has 1 unspecified atom stereocenters. The summed E-state index contributed by atoms with van der Waals surface area (Å²) in [5.74, 6) is 0.479. The number of hydrogen-bond donors (Lipinski definition) is 0. The maximum absolute atomic E-state index is 14.2. The molecule has 3 aromatic rings. The van der Waals surface area contributed by atoms with Crippen LogP contribution in [0.4, 0.5) is 4.39 Å². The van der Waals surface area contributed by atoms with E-state index in [0.717, 1.165) is 54.7 Å².